The first-order chi connectivity index (χ1) is 14.6. The Morgan fingerprint density at radius 1 is 1.32 bits per heavy atom. The lowest BCUT2D eigenvalue weighted by molar-refractivity contribution is -0.151. The van der Waals surface area contributed by atoms with Crippen LogP contribution < -0.4 is 10.6 Å². The lowest BCUT2D eigenvalue weighted by atomic mass is 9.62. The minimum absolute atomic E-state index is 0.0161. The molecule has 3 unspecified atom stereocenters. The SMILES string of the molecule is CCCCNC(=O)C1N([C@@H](CO)CC(C)C)C(=O)[C@@H]2[C@H](C(=O)NC)[C@@]3(C)OC12CC3C. The molecule has 3 aliphatic rings. The molecular weight excluding hydrogens is 398 g/mol. The molecule has 0 aromatic carbocycles. The zero-order valence-corrected chi connectivity index (χ0v) is 19.7. The van der Waals surface area contributed by atoms with E-state index in [4.69, 9.17) is 4.74 Å². The summed E-state index contributed by atoms with van der Waals surface area (Å²) in [4.78, 5) is 41.8. The molecule has 176 valence electrons. The lowest BCUT2D eigenvalue weighted by Gasteiger charge is -2.37. The van der Waals surface area contributed by atoms with Gasteiger partial charge in [0.1, 0.15) is 11.6 Å². The molecule has 3 N–H and O–H groups in total. The Kier molecular flexibility index (Phi) is 6.73. The van der Waals surface area contributed by atoms with Gasteiger partial charge in [-0.05, 0) is 38.0 Å². The zero-order chi connectivity index (χ0) is 23.1. The van der Waals surface area contributed by atoms with Crippen LogP contribution >= 0.6 is 0 Å². The van der Waals surface area contributed by atoms with Crippen LogP contribution in [-0.4, -0.2) is 71.2 Å². The number of hydrogen-bond acceptors (Lipinski definition) is 5. The third kappa shape index (κ3) is 3.55. The molecule has 3 saturated heterocycles. The quantitative estimate of drug-likeness (QED) is 0.468. The average Bonchev–Trinajstić information content (AvgIpc) is 3.22. The molecule has 0 radical (unpaired) electrons. The normalized spacial score (nSPS) is 37.3. The van der Waals surface area contributed by atoms with Crippen molar-refractivity contribution in [3.63, 3.8) is 0 Å². The molecule has 7 atom stereocenters. The van der Waals surface area contributed by atoms with E-state index in [2.05, 4.69) is 17.6 Å². The van der Waals surface area contributed by atoms with Crippen LogP contribution in [0.4, 0.5) is 0 Å². The monoisotopic (exact) mass is 437 g/mol. The molecule has 3 rings (SSSR count). The maximum absolute atomic E-state index is 13.9. The van der Waals surface area contributed by atoms with Gasteiger partial charge >= 0.3 is 0 Å². The van der Waals surface area contributed by atoms with Gasteiger partial charge in [-0.15, -0.1) is 0 Å². The van der Waals surface area contributed by atoms with Gasteiger partial charge in [0, 0.05) is 13.6 Å². The van der Waals surface area contributed by atoms with E-state index < -0.39 is 35.1 Å². The highest BCUT2D eigenvalue weighted by molar-refractivity contribution is 5.99. The fourth-order valence-electron chi connectivity index (χ4n) is 6.23. The number of amides is 3. The van der Waals surface area contributed by atoms with Gasteiger partial charge in [0.15, 0.2) is 0 Å². The van der Waals surface area contributed by atoms with Crippen LogP contribution in [0.5, 0.6) is 0 Å². The summed E-state index contributed by atoms with van der Waals surface area (Å²) in [5.74, 6) is -1.87. The van der Waals surface area contributed by atoms with E-state index in [1.165, 1.54) is 0 Å². The molecule has 3 fully saturated rings. The Bertz CT molecular complexity index is 728. The predicted octanol–water partition coefficient (Wildman–Crippen LogP) is 1.07. The average molecular weight is 438 g/mol. The highest BCUT2D eigenvalue weighted by Crippen LogP contribution is 2.65. The first-order valence-electron chi connectivity index (χ1n) is 11.7. The van der Waals surface area contributed by atoms with Crippen molar-refractivity contribution < 1.29 is 24.2 Å². The van der Waals surface area contributed by atoms with Gasteiger partial charge < -0.3 is 25.4 Å². The standard InChI is InChI=1S/C23H39N3O5/c1-7-8-9-25-20(29)18-23-11-14(4)22(5,31-23)16(19(28)24-6)17(23)21(30)26(18)15(12-27)10-13(2)3/h13-18,27H,7-12H2,1-6H3,(H,24,28)(H,25,29)/t14?,15-,16-,17+,18?,22+,23?/m1/s1. The first-order valence-corrected chi connectivity index (χ1v) is 11.7. The van der Waals surface area contributed by atoms with E-state index in [1.54, 1.807) is 11.9 Å². The first kappa shape index (κ1) is 24.0. The van der Waals surface area contributed by atoms with Gasteiger partial charge in [-0.1, -0.05) is 34.1 Å². The van der Waals surface area contributed by atoms with E-state index in [9.17, 15) is 19.5 Å². The summed E-state index contributed by atoms with van der Waals surface area (Å²) in [6.07, 6.45) is 2.89. The Labute approximate surface area is 185 Å². The molecule has 2 bridgehead atoms. The van der Waals surface area contributed by atoms with Crippen molar-refractivity contribution in [3.8, 4) is 0 Å². The van der Waals surface area contributed by atoms with Crippen molar-refractivity contribution in [2.24, 2.45) is 23.7 Å². The molecular formula is C23H39N3O5. The third-order valence-electron chi connectivity index (χ3n) is 7.71. The maximum atomic E-state index is 13.9. The molecule has 3 heterocycles. The van der Waals surface area contributed by atoms with E-state index in [1.807, 2.05) is 27.7 Å². The molecule has 31 heavy (non-hydrogen) atoms. The fraction of sp³-hybridized carbons (Fsp3) is 0.870. The summed E-state index contributed by atoms with van der Waals surface area (Å²) in [5, 5.41) is 15.9. The van der Waals surface area contributed by atoms with Gasteiger partial charge in [0.25, 0.3) is 0 Å². The summed E-state index contributed by atoms with van der Waals surface area (Å²) < 4.78 is 6.59. The number of carbonyl (C=O) groups excluding carboxylic acids is 3. The number of fused-ring (bicyclic) bond motifs is 1. The summed E-state index contributed by atoms with van der Waals surface area (Å²) >= 11 is 0. The summed E-state index contributed by atoms with van der Waals surface area (Å²) in [7, 11) is 1.57. The number of rotatable bonds is 9. The number of aliphatic hydroxyl groups excluding tert-OH is 1. The number of likely N-dealkylation sites (tertiary alicyclic amines) is 1. The van der Waals surface area contributed by atoms with Gasteiger partial charge in [0.05, 0.1) is 30.1 Å². The molecule has 3 aliphatic heterocycles. The molecule has 8 nitrogen and oxygen atoms in total. The number of nitrogens with one attached hydrogen (secondary N) is 2. The predicted molar refractivity (Wildman–Crippen MR) is 116 cm³/mol. The van der Waals surface area contributed by atoms with Crippen LogP contribution in [0, 0.1) is 23.7 Å². The number of carbonyl (C=O) groups is 3. The third-order valence-corrected chi connectivity index (χ3v) is 7.71. The minimum Gasteiger partial charge on any atom is -0.394 e. The number of nitrogens with zero attached hydrogens (tertiary/aromatic N) is 1. The minimum atomic E-state index is -1.05. The molecule has 0 saturated carbocycles. The molecule has 8 heteroatoms. The second kappa shape index (κ2) is 8.70. The van der Waals surface area contributed by atoms with E-state index in [0.717, 1.165) is 12.8 Å². The summed E-state index contributed by atoms with van der Waals surface area (Å²) in [5.41, 5.74) is -1.86. The summed E-state index contributed by atoms with van der Waals surface area (Å²) in [6, 6.07) is -1.35. The second-order valence-corrected chi connectivity index (χ2v) is 10.2. The Morgan fingerprint density at radius 3 is 2.55 bits per heavy atom. The number of ether oxygens (including phenoxy) is 1. The summed E-state index contributed by atoms with van der Waals surface area (Å²) in [6.45, 7) is 10.3. The zero-order valence-electron chi connectivity index (χ0n) is 19.7. The number of hydrogen-bond donors (Lipinski definition) is 3. The maximum Gasteiger partial charge on any atom is 0.245 e. The van der Waals surface area contributed by atoms with Crippen LogP contribution in [0.2, 0.25) is 0 Å². The van der Waals surface area contributed by atoms with Crippen molar-refractivity contribution >= 4 is 17.7 Å². The molecule has 0 aromatic heterocycles. The Morgan fingerprint density at radius 2 is 2.00 bits per heavy atom. The van der Waals surface area contributed by atoms with Crippen LogP contribution in [0.15, 0.2) is 0 Å². The highest BCUT2D eigenvalue weighted by Gasteiger charge is 2.80. The van der Waals surface area contributed by atoms with Crippen molar-refractivity contribution in [2.75, 3.05) is 20.2 Å². The van der Waals surface area contributed by atoms with Crippen LogP contribution in [0.25, 0.3) is 0 Å². The molecule has 1 spiro atoms. The van der Waals surface area contributed by atoms with Crippen LogP contribution in [0.1, 0.15) is 60.3 Å². The van der Waals surface area contributed by atoms with Gasteiger partial charge in [-0.2, -0.15) is 0 Å². The molecule has 3 amide bonds. The Balaban J connectivity index is 2.08. The largest absolute Gasteiger partial charge is 0.394 e. The van der Waals surface area contributed by atoms with Crippen LogP contribution in [-0.2, 0) is 19.1 Å². The van der Waals surface area contributed by atoms with E-state index in [-0.39, 0.29) is 36.2 Å². The van der Waals surface area contributed by atoms with Gasteiger partial charge in [0.2, 0.25) is 17.7 Å². The number of aliphatic hydroxyl groups is 1. The van der Waals surface area contributed by atoms with Crippen LogP contribution in [0.3, 0.4) is 0 Å². The van der Waals surface area contributed by atoms with Crippen molar-refractivity contribution in [1.29, 1.82) is 0 Å². The number of unbranched alkanes of at least 4 members (excludes halogenated alkanes) is 1. The molecule has 0 aliphatic carbocycles. The van der Waals surface area contributed by atoms with E-state index in [0.29, 0.717) is 19.4 Å². The van der Waals surface area contributed by atoms with E-state index >= 15 is 0 Å². The Hall–Kier alpha value is -1.67. The van der Waals surface area contributed by atoms with Crippen molar-refractivity contribution in [2.45, 2.75) is 83.6 Å². The van der Waals surface area contributed by atoms with Gasteiger partial charge in [-0.25, -0.2) is 0 Å². The molecule has 0 aromatic rings. The van der Waals surface area contributed by atoms with Crippen molar-refractivity contribution in [3.05, 3.63) is 0 Å². The topological polar surface area (TPSA) is 108 Å². The van der Waals surface area contributed by atoms with Crippen molar-refractivity contribution in [1.82, 2.24) is 15.5 Å². The highest BCUT2D eigenvalue weighted by atomic mass is 16.5. The second-order valence-electron chi connectivity index (χ2n) is 10.2. The lowest BCUT2D eigenvalue weighted by Crippen LogP contribution is -2.58. The smallest absolute Gasteiger partial charge is 0.245 e. The van der Waals surface area contributed by atoms with Gasteiger partial charge in [-0.3, -0.25) is 14.4 Å². The fourth-order valence-corrected chi connectivity index (χ4v) is 6.23.